The van der Waals surface area contributed by atoms with Gasteiger partial charge in [0.2, 0.25) is 5.91 Å². The predicted octanol–water partition coefficient (Wildman–Crippen LogP) is -0.558. The standard InChI is InChI=1S/C9H19N3O3/c1-6(2)7(10)8(13)11-4-5-12-9(14)15-3/h6-7H,4-5,10H2,1-3H3,(H,11,13)(H,12,14)/t7-/m0/s1. The van der Waals surface area contributed by atoms with Crippen molar-refractivity contribution in [1.29, 1.82) is 0 Å². The van der Waals surface area contributed by atoms with Crippen LogP contribution in [0.15, 0.2) is 0 Å². The molecule has 0 aromatic rings. The number of hydrogen-bond donors (Lipinski definition) is 3. The highest BCUT2D eigenvalue weighted by molar-refractivity contribution is 5.81. The highest BCUT2D eigenvalue weighted by Crippen LogP contribution is 1.96. The number of nitrogens with one attached hydrogen (secondary N) is 2. The van der Waals surface area contributed by atoms with Gasteiger partial charge in [0.15, 0.2) is 0 Å². The van der Waals surface area contributed by atoms with Crippen LogP contribution in [0.4, 0.5) is 4.79 Å². The average Bonchev–Trinajstić information content (AvgIpc) is 2.22. The summed E-state index contributed by atoms with van der Waals surface area (Å²) in [4.78, 5) is 21.9. The van der Waals surface area contributed by atoms with Gasteiger partial charge in [-0.2, -0.15) is 0 Å². The summed E-state index contributed by atoms with van der Waals surface area (Å²) >= 11 is 0. The minimum atomic E-state index is -0.516. The second-order valence-corrected chi connectivity index (χ2v) is 3.48. The molecule has 2 amide bonds. The first-order valence-corrected chi connectivity index (χ1v) is 4.84. The molecular weight excluding hydrogens is 198 g/mol. The summed E-state index contributed by atoms with van der Waals surface area (Å²) in [5.41, 5.74) is 5.60. The van der Waals surface area contributed by atoms with E-state index in [2.05, 4.69) is 15.4 Å². The molecular formula is C9H19N3O3. The lowest BCUT2D eigenvalue weighted by Crippen LogP contribution is -2.46. The van der Waals surface area contributed by atoms with E-state index in [1.165, 1.54) is 7.11 Å². The molecule has 6 nitrogen and oxygen atoms in total. The Balaban J connectivity index is 3.60. The Morgan fingerprint density at radius 1 is 1.27 bits per heavy atom. The summed E-state index contributed by atoms with van der Waals surface area (Å²) in [6, 6.07) is -0.511. The Hall–Kier alpha value is -1.30. The molecule has 0 aliphatic heterocycles. The van der Waals surface area contributed by atoms with Crippen molar-refractivity contribution in [2.24, 2.45) is 11.7 Å². The van der Waals surface area contributed by atoms with Crippen LogP contribution in [0.5, 0.6) is 0 Å². The number of hydrogen-bond acceptors (Lipinski definition) is 4. The van der Waals surface area contributed by atoms with E-state index in [1.54, 1.807) is 0 Å². The quantitative estimate of drug-likeness (QED) is 0.538. The summed E-state index contributed by atoms with van der Waals surface area (Å²) in [5.74, 6) is -0.116. The Morgan fingerprint density at radius 2 is 1.80 bits per heavy atom. The van der Waals surface area contributed by atoms with Gasteiger partial charge in [0.05, 0.1) is 13.2 Å². The molecule has 15 heavy (non-hydrogen) atoms. The molecule has 0 aliphatic rings. The van der Waals surface area contributed by atoms with E-state index in [1.807, 2.05) is 13.8 Å². The second-order valence-electron chi connectivity index (χ2n) is 3.48. The summed E-state index contributed by atoms with van der Waals surface area (Å²) in [5, 5.41) is 5.05. The zero-order valence-electron chi connectivity index (χ0n) is 9.37. The molecule has 88 valence electrons. The van der Waals surface area contributed by atoms with Crippen LogP contribution in [0.2, 0.25) is 0 Å². The van der Waals surface area contributed by atoms with Gasteiger partial charge in [-0.3, -0.25) is 4.79 Å². The average molecular weight is 217 g/mol. The summed E-state index contributed by atoms with van der Waals surface area (Å²) < 4.78 is 4.36. The molecule has 0 aromatic heterocycles. The Labute approximate surface area is 89.5 Å². The molecule has 6 heteroatoms. The molecule has 4 N–H and O–H groups in total. The fraction of sp³-hybridized carbons (Fsp3) is 0.778. The van der Waals surface area contributed by atoms with E-state index in [4.69, 9.17) is 5.73 Å². The maximum Gasteiger partial charge on any atom is 0.406 e. The van der Waals surface area contributed by atoms with E-state index in [9.17, 15) is 9.59 Å². The second kappa shape index (κ2) is 7.05. The number of alkyl carbamates (subject to hydrolysis) is 1. The molecule has 0 rings (SSSR count). The first-order valence-electron chi connectivity index (χ1n) is 4.84. The van der Waals surface area contributed by atoms with E-state index in [0.29, 0.717) is 13.1 Å². The van der Waals surface area contributed by atoms with Gasteiger partial charge in [0.25, 0.3) is 0 Å². The fourth-order valence-electron chi connectivity index (χ4n) is 0.843. The molecule has 0 heterocycles. The maximum absolute atomic E-state index is 11.3. The predicted molar refractivity (Wildman–Crippen MR) is 56.2 cm³/mol. The molecule has 0 bridgehead atoms. The SMILES string of the molecule is COC(=O)NCCNC(=O)[C@@H](N)C(C)C. The summed E-state index contributed by atoms with van der Waals surface area (Å²) in [6.45, 7) is 4.41. The van der Waals surface area contributed by atoms with E-state index < -0.39 is 12.1 Å². The Morgan fingerprint density at radius 3 is 2.27 bits per heavy atom. The smallest absolute Gasteiger partial charge is 0.406 e. The van der Waals surface area contributed by atoms with Crippen LogP contribution in [-0.2, 0) is 9.53 Å². The number of carbonyl (C=O) groups excluding carboxylic acids is 2. The first kappa shape index (κ1) is 13.7. The zero-order valence-corrected chi connectivity index (χ0v) is 9.37. The minimum absolute atomic E-state index is 0.0959. The molecule has 0 aliphatic carbocycles. The molecule has 1 atom stereocenters. The molecule has 0 saturated heterocycles. The number of rotatable bonds is 5. The highest BCUT2D eigenvalue weighted by atomic mass is 16.5. The fourth-order valence-corrected chi connectivity index (χ4v) is 0.843. The van der Waals surface area contributed by atoms with Gasteiger partial charge < -0.3 is 21.1 Å². The highest BCUT2D eigenvalue weighted by Gasteiger charge is 2.16. The number of amides is 2. The van der Waals surface area contributed by atoms with Crippen LogP contribution in [0.1, 0.15) is 13.8 Å². The van der Waals surface area contributed by atoms with Gasteiger partial charge in [0.1, 0.15) is 0 Å². The molecule has 0 fully saturated rings. The van der Waals surface area contributed by atoms with Crippen molar-refractivity contribution in [3.8, 4) is 0 Å². The number of carbonyl (C=O) groups is 2. The van der Waals surface area contributed by atoms with Crippen molar-refractivity contribution >= 4 is 12.0 Å². The van der Waals surface area contributed by atoms with Crippen LogP contribution in [0.3, 0.4) is 0 Å². The van der Waals surface area contributed by atoms with Crippen LogP contribution in [0, 0.1) is 5.92 Å². The Kier molecular flexibility index (Phi) is 6.44. The van der Waals surface area contributed by atoms with Crippen molar-refractivity contribution in [3.05, 3.63) is 0 Å². The number of nitrogens with two attached hydrogens (primary N) is 1. The van der Waals surface area contributed by atoms with Gasteiger partial charge in [-0.1, -0.05) is 13.8 Å². The Bertz CT molecular complexity index is 219. The topological polar surface area (TPSA) is 93.5 Å². The van der Waals surface area contributed by atoms with E-state index in [0.717, 1.165) is 0 Å². The van der Waals surface area contributed by atoms with Crippen molar-refractivity contribution in [2.75, 3.05) is 20.2 Å². The van der Waals surface area contributed by atoms with Crippen LogP contribution >= 0.6 is 0 Å². The number of methoxy groups -OCH3 is 1. The lowest BCUT2D eigenvalue weighted by molar-refractivity contribution is -0.123. The van der Waals surface area contributed by atoms with Crippen molar-refractivity contribution in [2.45, 2.75) is 19.9 Å². The van der Waals surface area contributed by atoms with Crippen molar-refractivity contribution in [3.63, 3.8) is 0 Å². The van der Waals surface area contributed by atoms with Gasteiger partial charge in [-0.05, 0) is 5.92 Å². The normalized spacial score (nSPS) is 12.1. The summed E-state index contributed by atoms with van der Waals surface area (Å²) in [6.07, 6.45) is -0.516. The lowest BCUT2D eigenvalue weighted by atomic mass is 10.1. The van der Waals surface area contributed by atoms with E-state index in [-0.39, 0.29) is 11.8 Å². The molecule has 0 unspecified atom stereocenters. The van der Waals surface area contributed by atoms with Crippen LogP contribution in [-0.4, -0.2) is 38.2 Å². The van der Waals surface area contributed by atoms with E-state index >= 15 is 0 Å². The van der Waals surface area contributed by atoms with Gasteiger partial charge >= 0.3 is 6.09 Å². The van der Waals surface area contributed by atoms with Gasteiger partial charge in [-0.15, -0.1) is 0 Å². The van der Waals surface area contributed by atoms with Crippen molar-refractivity contribution in [1.82, 2.24) is 10.6 Å². The first-order chi connectivity index (χ1) is 6.99. The maximum atomic E-state index is 11.3. The monoisotopic (exact) mass is 217 g/mol. The molecule has 0 aromatic carbocycles. The third-order valence-electron chi connectivity index (χ3n) is 1.90. The zero-order chi connectivity index (χ0) is 11.8. The number of ether oxygens (including phenoxy) is 1. The summed E-state index contributed by atoms with van der Waals surface area (Å²) in [7, 11) is 1.28. The lowest BCUT2D eigenvalue weighted by Gasteiger charge is -2.15. The molecule has 0 saturated carbocycles. The molecule has 0 spiro atoms. The third kappa shape index (κ3) is 5.90. The van der Waals surface area contributed by atoms with Gasteiger partial charge in [-0.25, -0.2) is 4.79 Å². The largest absolute Gasteiger partial charge is 0.453 e. The molecule has 0 radical (unpaired) electrons. The van der Waals surface area contributed by atoms with Crippen LogP contribution in [0.25, 0.3) is 0 Å². The van der Waals surface area contributed by atoms with Crippen molar-refractivity contribution < 1.29 is 14.3 Å². The third-order valence-corrected chi connectivity index (χ3v) is 1.90. The van der Waals surface area contributed by atoms with Crippen LogP contribution < -0.4 is 16.4 Å². The minimum Gasteiger partial charge on any atom is -0.453 e. The van der Waals surface area contributed by atoms with Gasteiger partial charge in [0, 0.05) is 13.1 Å².